The highest BCUT2D eigenvalue weighted by atomic mass is 35.5. The Labute approximate surface area is 185 Å². The summed E-state index contributed by atoms with van der Waals surface area (Å²) in [7, 11) is 0. The van der Waals surface area contributed by atoms with Crippen LogP contribution in [0.5, 0.6) is 0 Å². The Morgan fingerprint density at radius 3 is 2.39 bits per heavy atom. The quantitative estimate of drug-likeness (QED) is 0.554. The number of esters is 1. The highest BCUT2D eigenvalue weighted by Crippen LogP contribution is 2.26. The third kappa shape index (κ3) is 5.30. The molecule has 2 aromatic carbocycles. The minimum absolute atomic E-state index is 0.0806. The van der Waals surface area contributed by atoms with Gasteiger partial charge in [0.15, 0.2) is 6.04 Å². The van der Waals surface area contributed by atoms with Crippen molar-refractivity contribution in [1.82, 2.24) is 15.1 Å². The average Bonchev–Trinajstić information content (AvgIpc) is 3.02. The van der Waals surface area contributed by atoms with E-state index in [4.69, 9.17) is 16.3 Å². The fraction of sp³-hybridized carbons (Fsp3) is 0.261. The Morgan fingerprint density at radius 1 is 1.13 bits per heavy atom. The van der Waals surface area contributed by atoms with Crippen LogP contribution in [0.15, 0.2) is 48.5 Å². The van der Waals surface area contributed by atoms with Crippen LogP contribution in [0.2, 0.25) is 5.02 Å². The van der Waals surface area contributed by atoms with E-state index >= 15 is 0 Å². The molecule has 1 heterocycles. The highest BCUT2D eigenvalue weighted by Gasteiger charge is 2.30. The van der Waals surface area contributed by atoms with E-state index in [9.17, 15) is 14.0 Å². The second-order valence-corrected chi connectivity index (χ2v) is 7.46. The Morgan fingerprint density at radius 2 is 1.77 bits per heavy atom. The predicted octanol–water partition coefficient (Wildman–Crippen LogP) is 4.24. The zero-order valence-electron chi connectivity index (χ0n) is 17.5. The molecule has 8 heteroatoms. The topological polar surface area (TPSA) is 73.2 Å². The van der Waals surface area contributed by atoms with Gasteiger partial charge in [-0.05, 0) is 62.7 Å². The number of benzene rings is 2. The van der Waals surface area contributed by atoms with E-state index in [2.05, 4.69) is 10.4 Å². The van der Waals surface area contributed by atoms with Gasteiger partial charge in [-0.25, -0.2) is 13.9 Å². The number of hydrogen-bond donors (Lipinski definition) is 1. The summed E-state index contributed by atoms with van der Waals surface area (Å²) in [6.07, 6.45) is 0.0806. The Kier molecular flexibility index (Phi) is 7.07. The third-order valence-corrected chi connectivity index (χ3v) is 5.06. The lowest BCUT2D eigenvalue weighted by Gasteiger charge is -2.18. The summed E-state index contributed by atoms with van der Waals surface area (Å²) in [5.74, 6) is -1.27. The molecule has 3 rings (SSSR count). The lowest BCUT2D eigenvalue weighted by Crippen LogP contribution is -2.36. The summed E-state index contributed by atoms with van der Waals surface area (Å²) in [5, 5.41) is 7.85. The molecule has 0 aliphatic carbocycles. The number of halogens is 2. The van der Waals surface area contributed by atoms with E-state index in [1.165, 1.54) is 12.1 Å². The maximum atomic E-state index is 13.3. The lowest BCUT2D eigenvalue weighted by atomic mass is 10.0. The van der Waals surface area contributed by atoms with Crippen LogP contribution in [0, 0.1) is 19.7 Å². The molecule has 0 bridgehead atoms. The third-order valence-electron chi connectivity index (χ3n) is 4.81. The standard InChI is InChI=1S/C23H23ClFN3O3/c1-4-31-23(30)22(26-20(29)13-16-5-7-17(24)8-6-16)21-14(2)27-28(15(21)3)19-11-9-18(25)10-12-19/h5-12,22H,4,13H2,1-3H3,(H,26,29). The number of nitrogens with one attached hydrogen (secondary N) is 1. The molecule has 0 spiro atoms. The van der Waals surface area contributed by atoms with Crippen molar-refractivity contribution in [3.8, 4) is 5.69 Å². The van der Waals surface area contributed by atoms with Crippen LogP contribution in [-0.4, -0.2) is 28.3 Å². The molecule has 0 aliphatic rings. The number of carbonyl (C=O) groups excluding carboxylic acids is 2. The van der Waals surface area contributed by atoms with Crippen LogP contribution in [0.3, 0.4) is 0 Å². The fourth-order valence-electron chi connectivity index (χ4n) is 3.38. The van der Waals surface area contributed by atoms with E-state index in [0.29, 0.717) is 27.7 Å². The molecule has 0 radical (unpaired) electrons. The Balaban J connectivity index is 1.91. The summed E-state index contributed by atoms with van der Waals surface area (Å²) < 4.78 is 20.1. The van der Waals surface area contributed by atoms with Crippen LogP contribution in [0.25, 0.3) is 5.69 Å². The fourth-order valence-corrected chi connectivity index (χ4v) is 3.51. The van der Waals surface area contributed by atoms with Gasteiger partial charge in [0.05, 0.1) is 24.4 Å². The first kappa shape index (κ1) is 22.5. The van der Waals surface area contributed by atoms with Crippen molar-refractivity contribution < 1.29 is 18.7 Å². The molecular weight excluding hydrogens is 421 g/mol. The first-order valence-electron chi connectivity index (χ1n) is 9.82. The number of nitrogens with zero attached hydrogens (tertiary/aromatic N) is 2. The Hall–Kier alpha value is -3.19. The van der Waals surface area contributed by atoms with Crippen LogP contribution in [0.4, 0.5) is 4.39 Å². The monoisotopic (exact) mass is 443 g/mol. The molecule has 6 nitrogen and oxygen atoms in total. The van der Waals surface area contributed by atoms with E-state index in [0.717, 1.165) is 5.56 Å². The minimum Gasteiger partial charge on any atom is -0.464 e. The molecule has 1 atom stereocenters. The summed E-state index contributed by atoms with van der Waals surface area (Å²) in [6, 6.07) is 11.8. The van der Waals surface area contributed by atoms with Gasteiger partial charge in [0.25, 0.3) is 0 Å². The van der Waals surface area contributed by atoms with Crippen molar-refractivity contribution in [2.75, 3.05) is 6.61 Å². The molecule has 1 unspecified atom stereocenters. The zero-order valence-corrected chi connectivity index (χ0v) is 18.2. The van der Waals surface area contributed by atoms with E-state index in [-0.39, 0.29) is 24.8 Å². The maximum absolute atomic E-state index is 13.3. The van der Waals surface area contributed by atoms with Crippen molar-refractivity contribution >= 4 is 23.5 Å². The van der Waals surface area contributed by atoms with Crippen LogP contribution >= 0.6 is 11.6 Å². The van der Waals surface area contributed by atoms with E-state index in [1.54, 1.807) is 61.9 Å². The van der Waals surface area contributed by atoms with Gasteiger partial charge in [-0.3, -0.25) is 4.79 Å². The van der Waals surface area contributed by atoms with Crippen molar-refractivity contribution in [2.45, 2.75) is 33.2 Å². The molecule has 31 heavy (non-hydrogen) atoms. The average molecular weight is 444 g/mol. The van der Waals surface area contributed by atoms with Gasteiger partial charge in [-0.2, -0.15) is 5.10 Å². The van der Waals surface area contributed by atoms with Gasteiger partial charge in [0.2, 0.25) is 5.91 Å². The number of carbonyl (C=O) groups is 2. The normalized spacial score (nSPS) is 11.8. The van der Waals surface area contributed by atoms with Crippen molar-refractivity contribution in [3.05, 3.63) is 81.9 Å². The number of aryl methyl sites for hydroxylation is 1. The number of aromatic nitrogens is 2. The molecule has 1 N–H and O–H groups in total. The molecule has 0 saturated heterocycles. The van der Waals surface area contributed by atoms with E-state index < -0.39 is 12.0 Å². The second-order valence-electron chi connectivity index (χ2n) is 7.03. The molecule has 0 aliphatic heterocycles. The van der Waals surface area contributed by atoms with Gasteiger partial charge in [0.1, 0.15) is 5.82 Å². The summed E-state index contributed by atoms with van der Waals surface area (Å²) in [5.41, 5.74) is 3.16. The zero-order chi connectivity index (χ0) is 22.5. The summed E-state index contributed by atoms with van der Waals surface area (Å²) >= 11 is 5.89. The van der Waals surface area contributed by atoms with Crippen molar-refractivity contribution in [2.24, 2.45) is 0 Å². The minimum atomic E-state index is -1.02. The number of ether oxygens (including phenoxy) is 1. The number of hydrogen-bond acceptors (Lipinski definition) is 4. The lowest BCUT2D eigenvalue weighted by molar-refractivity contribution is -0.147. The van der Waals surface area contributed by atoms with Crippen molar-refractivity contribution in [3.63, 3.8) is 0 Å². The van der Waals surface area contributed by atoms with Crippen LogP contribution in [-0.2, 0) is 20.7 Å². The van der Waals surface area contributed by atoms with Gasteiger partial charge < -0.3 is 10.1 Å². The molecule has 0 saturated carbocycles. The summed E-state index contributed by atoms with van der Waals surface area (Å²) in [4.78, 5) is 25.4. The predicted molar refractivity (Wildman–Crippen MR) is 116 cm³/mol. The number of amides is 1. The SMILES string of the molecule is CCOC(=O)C(NC(=O)Cc1ccc(Cl)cc1)c1c(C)nn(-c2ccc(F)cc2)c1C. The van der Waals surface area contributed by atoms with Gasteiger partial charge in [0, 0.05) is 16.3 Å². The van der Waals surface area contributed by atoms with E-state index in [1.807, 2.05) is 0 Å². The summed E-state index contributed by atoms with van der Waals surface area (Å²) in [6.45, 7) is 5.41. The number of rotatable bonds is 7. The van der Waals surface area contributed by atoms with Crippen molar-refractivity contribution in [1.29, 1.82) is 0 Å². The van der Waals surface area contributed by atoms with Gasteiger partial charge in [-0.15, -0.1) is 0 Å². The molecule has 1 aromatic heterocycles. The molecule has 162 valence electrons. The van der Waals surface area contributed by atoms with Gasteiger partial charge >= 0.3 is 5.97 Å². The first-order chi connectivity index (χ1) is 14.8. The molecular formula is C23H23ClFN3O3. The molecule has 3 aromatic rings. The maximum Gasteiger partial charge on any atom is 0.333 e. The van der Waals surface area contributed by atoms with Gasteiger partial charge in [-0.1, -0.05) is 23.7 Å². The molecule has 1 amide bonds. The first-order valence-corrected chi connectivity index (χ1v) is 10.2. The highest BCUT2D eigenvalue weighted by molar-refractivity contribution is 6.30. The second kappa shape index (κ2) is 9.75. The van der Waals surface area contributed by atoms with Crippen LogP contribution in [0.1, 0.15) is 35.5 Å². The largest absolute Gasteiger partial charge is 0.464 e. The van der Waals surface area contributed by atoms with Crippen LogP contribution < -0.4 is 5.32 Å². The molecule has 0 fully saturated rings. The smallest absolute Gasteiger partial charge is 0.333 e. The Bertz CT molecular complexity index is 1080.